The molecule has 1 N–H and O–H groups in total. The van der Waals surface area contributed by atoms with Crippen molar-refractivity contribution in [3.8, 4) is 5.75 Å². The Morgan fingerprint density at radius 3 is 2.33 bits per heavy atom. The number of hydrogen-bond acceptors (Lipinski definition) is 2. The van der Waals surface area contributed by atoms with Gasteiger partial charge in [-0.2, -0.15) is 0 Å². The summed E-state index contributed by atoms with van der Waals surface area (Å²) in [5.74, 6) is 0.401. The lowest BCUT2D eigenvalue weighted by molar-refractivity contribution is 0.463. The number of rotatable bonds is 3. The van der Waals surface area contributed by atoms with Crippen LogP contribution in [0, 0.1) is 13.8 Å². The zero-order valence-electron chi connectivity index (χ0n) is 11.1. The molecule has 0 saturated heterocycles. The van der Waals surface area contributed by atoms with Gasteiger partial charge in [-0.15, -0.1) is 0 Å². The average molecular weight is 241 g/mol. The van der Waals surface area contributed by atoms with Gasteiger partial charge in [0.25, 0.3) is 0 Å². The number of hydrogen-bond donors (Lipinski definition) is 1. The van der Waals surface area contributed by atoms with E-state index in [0.717, 1.165) is 11.1 Å². The van der Waals surface area contributed by atoms with Gasteiger partial charge in [-0.3, -0.25) is 0 Å². The SMILES string of the molecule is Cc1ccccc1N(C)Cc1cccc(C)c1O. The number of benzene rings is 2. The van der Waals surface area contributed by atoms with Crippen LogP contribution in [0.1, 0.15) is 16.7 Å². The Kier molecular flexibility index (Phi) is 3.56. The molecule has 0 amide bonds. The van der Waals surface area contributed by atoms with Crippen molar-refractivity contribution in [2.24, 2.45) is 0 Å². The van der Waals surface area contributed by atoms with E-state index in [4.69, 9.17) is 0 Å². The molecular formula is C16H19NO. The third-order valence-corrected chi connectivity index (χ3v) is 3.26. The minimum absolute atomic E-state index is 0.401. The van der Waals surface area contributed by atoms with Crippen LogP contribution in [0.3, 0.4) is 0 Å². The van der Waals surface area contributed by atoms with Gasteiger partial charge >= 0.3 is 0 Å². The lowest BCUT2D eigenvalue weighted by atomic mass is 10.1. The first-order valence-electron chi connectivity index (χ1n) is 6.14. The summed E-state index contributed by atoms with van der Waals surface area (Å²) in [6.07, 6.45) is 0. The maximum Gasteiger partial charge on any atom is 0.123 e. The van der Waals surface area contributed by atoms with Gasteiger partial charge in [0.2, 0.25) is 0 Å². The highest BCUT2D eigenvalue weighted by Crippen LogP contribution is 2.25. The van der Waals surface area contributed by atoms with Crippen LogP contribution in [0.15, 0.2) is 42.5 Å². The molecule has 0 aliphatic heterocycles. The Labute approximate surface area is 109 Å². The summed E-state index contributed by atoms with van der Waals surface area (Å²) in [6.45, 7) is 4.73. The third-order valence-electron chi connectivity index (χ3n) is 3.26. The van der Waals surface area contributed by atoms with E-state index >= 15 is 0 Å². The molecule has 0 saturated carbocycles. The summed E-state index contributed by atoms with van der Waals surface area (Å²) in [5, 5.41) is 10.0. The van der Waals surface area contributed by atoms with Gasteiger partial charge in [0.05, 0.1) is 0 Å². The summed E-state index contributed by atoms with van der Waals surface area (Å²) in [4.78, 5) is 2.16. The number of para-hydroxylation sites is 2. The first-order valence-corrected chi connectivity index (χ1v) is 6.14. The van der Waals surface area contributed by atoms with Crippen LogP contribution in [-0.2, 0) is 6.54 Å². The van der Waals surface area contributed by atoms with Crippen molar-refractivity contribution in [1.82, 2.24) is 0 Å². The maximum atomic E-state index is 10.0. The first-order chi connectivity index (χ1) is 8.59. The molecule has 18 heavy (non-hydrogen) atoms. The molecule has 0 atom stereocenters. The third kappa shape index (κ3) is 2.48. The van der Waals surface area contributed by atoms with E-state index in [1.807, 2.05) is 44.3 Å². The predicted molar refractivity (Wildman–Crippen MR) is 76.1 cm³/mol. The normalized spacial score (nSPS) is 10.4. The Hall–Kier alpha value is -1.96. The first kappa shape index (κ1) is 12.5. The summed E-state index contributed by atoms with van der Waals surface area (Å²) < 4.78 is 0. The molecule has 0 aliphatic rings. The summed E-state index contributed by atoms with van der Waals surface area (Å²) in [5.41, 5.74) is 4.32. The number of phenols is 1. The van der Waals surface area contributed by atoms with E-state index in [9.17, 15) is 5.11 Å². The van der Waals surface area contributed by atoms with Crippen LogP contribution in [0.25, 0.3) is 0 Å². The highest BCUT2D eigenvalue weighted by molar-refractivity contribution is 5.53. The fourth-order valence-electron chi connectivity index (χ4n) is 2.18. The van der Waals surface area contributed by atoms with Gasteiger partial charge in [0.15, 0.2) is 0 Å². The van der Waals surface area contributed by atoms with Crippen LogP contribution in [-0.4, -0.2) is 12.2 Å². The molecule has 0 heterocycles. The maximum absolute atomic E-state index is 10.0. The average Bonchev–Trinajstić information content (AvgIpc) is 2.35. The van der Waals surface area contributed by atoms with Gasteiger partial charge in [-0.25, -0.2) is 0 Å². The quantitative estimate of drug-likeness (QED) is 0.886. The van der Waals surface area contributed by atoms with Gasteiger partial charge in [0, 0.05) is 24.8 Å². The zero-order chi connectivity index (χ0) is 13.1. The number of phenolic OH excluding ortho intramolecular Hbond substituents is 1. The van der Waals surface area contributed by atoms with Crippen molar-refractivity contribution >= 4 is 5.69 Å². The topological polar surface area (TPSA) is 23.5 Å². The minimum Gasteiger partial charge on any atom is -0.507 e. The van der Waals surface area contributed by atoms with E-state index < -0.39 is 0 Å². The number of aryl methyl sites for hydroxylation is 2. The molecule has 0 unspecified atom stereocenters. The second kappa shape index (κ2) is 5.13. The Morgan fingerprint density at radius 2 is 1.61 bits per heavy atom. The largest absolute Gasteiger partial charge is 0.507 e. The minimum atomic E-state index is 0.401. The van der Waals surface area contributed by atoms with E-state index in [-0.39, 0.29) is 0 Å². The molecule has 2 heteroatoms. The highest BCUT2D eigenvalue weighted by Gasteiger charge is 2.08. The van der Waals surface area contributed by atoms with Crippen molar-refractivity contribution in [3.05, 3.63) is 59.2 Å². The Morgan fingerprint density at radius 1 is 0.944 bits per heavy atom. The zero-order valence-corrected chi connectivity index (χ0v) is 11.1. The molecular weight excluding hydrogens is 222 g/mol. The van der Waals surface area contributed by atoms with Crippen LogP contribution in [0.4, 0.5) is 5.69 Å². The van der Waals surface area contributed by atoms with Gasteiger partial charge < -0.3 is 10.0 Å². The van der Waals surface area contributed by atoms with Crippen LogP contribution in [0.2, 0.25) is 0 Å². The van der Waals surface area contributed by atoms with Crippen molar-refractivity contribution in [2.45, 2.75) is 20.4 Å². The Balaban J connectivity index is 2.24. The monoisotopic (exact) mass is 241 g/mol. The van der Waals surface area contributed by atoms with Gasteiger partial charge in [0.1, 0.15) is 5.75 Å². The molecule has 2 aromatic rings. The molecule has 0 radical (unpaired) electrons. The molecule has 0 aliphatic carbocycles. The fraction of sp³-hybridized carbons (Fsp3) is 0.250. The summed E-state index contributed by atoms with van der Waals surface area (Å²) >= 11 is 0. The summed E-state index contributed by atoms with van der Waals surface area (Å²) in [6, 6.07) is 14.1. The van der Waals surface area contributed by atoms with Gasteiger partial charge in [-0.1, -0.05) is 36.4 Å². The number of anilines is 1. The molecule has 0 spiro atoms. The molecule has 0 aromatic heterocycles. The molecule has 2 nitrogen and oxygen atoms in total. The lowest BCUT2D eigenvalue weighted by Gasteiger charge is -2.22. The summed E-state index contributed by atoms with van der Waals surface area (Å²) in [7, 11) is 2.05. The van der Waals surface area contributed by atoms with Crippen molar-refractivity contribution in [1.29, 1.82) is 0 Å². The van der Waals surface area contributed by atoms with Gasteiger partial charge in [-0.05, 0) is 31.0 Å². The Bertz CT molecular complexity index is 549. The van der Waals surface area contributed by atoms with Crippen molar-refractivity contribution in [2.75, 3.05) is 11.9 Å². The van der Waals surface area contributed by atoms with Crippen LogP contribution >= 0.6 is 0 Å². The number of aromatic hydroxyl groups is 1. The molecule has 0 fully saturated rings. The highest BCUT2D eigenvalue weighted by atomic mass is 16.3. The second-order valence-electron chi connectivity index (χ2n) is 4.73. The number of nitrogens with zero attached hydrogens (tertiary/aromatic N) is 1. The molecule has 2 aromatic carbocycles. The molecule has 94 valence electrons. The van der Waals surface area contributed by atoms with Crippen LogP contribution < -0.4 is 4.90 Å². The second-order valence-corrected chi connectivity index (χ2v) is 4.73. The van der Waals surface area contributed by atoms with Crippen LogP contribution in [0.5, 0.6) is 5.75 Å². The van der Waals surface area contributed by atoms with E-state index in [0.29, 0.717) is 12.3 Å². The predicted octanol–water partition coefficient (Wildman–Crippen LogP) is 3.65. The van der Waals surface area contributed by atoms with Crippen molar-refractivity contribution < 1.29 is 5.11 Å². The standard InChI is InChI=1S/C16H19NO/c1-12-7-4-5-10-15(12)17(3)11-14-9-6-8-13(2)16(14)18/h4-10,18H,11H2,1-3H3. The van der Waals surface area contributed by atoms with E-state index in [2.05, 4.69) is 24.0 Å². The van der Waals surface area contributed by atoms with E-state index in [1.54, 1.807) is 0 Å². The lowest BCUT2D eigenvalue weighted by Crippen LogP contribution is -2.17. The smallest absolute Gasteiger partial charge is 0.123 e. The fourth-order valence-corrected chi connectivity index (χ4v) is 2.18. The van der Waals surface area contributed by atoms with E-state index in [1.165, 1.54) is 11.3 Å². The van der Waals surface area contributed by atoms with Crippen molar-refractivity contribution in [3.63, 3.8) is 0 Å². The molecule has 0 bridgehead atoms. The molecule has 2 rings (SSSR count).